The van der Waals surface area contributed by atoms with Crippen molar-refractivity contribution in [1.29, 1.82) is 0 Å². The van der Waals surface area contributed by atoms with E-state index in [1.807, 2.05) is 6.92 Å². The standard InChI is InChI=1S/C24H25Cl2N3O4/c1-4-17(14-32-3)27-23(30)15-6-9-18(10-7-15)29-22(13-21(28-29)24(31)33-5-2)19-11-8-16(25)12-20(19)26/h6-13,17H,4-5,14H2,1-3H3,(H,27,30)/t17-/m0/s1. The zero-order valence-electron chi connectivity index (χ0n) is 18.6. The molecular formula is C24H25Cl2N3O4. The van der Waals surface area contributed by atoms with E-state index in [1.54, 1.807) is 67.2 Å². The molecule has 0 bridgehead atoms. The Hall–Kier alpha value is -2.87. The molecule has 1 N–H and O–H groups in total. The maximum absolute atomic E-state index is 12.6. The van der Waals surface area contributed by atoms with Gasteiger partial charge in [0.15, 0.2) is 5.69 Å². The molecule has 0 unspecified atom stereocenters. The molecule has 0 saturated carbocycles. The van der Waals surface area contributed by atoms with Crippen LogP contribution in [0.2, 0.25) is 10.0 Å². The largest absolute Gasteiger partial charge is 0.461 e. The van der Waals surface area contributed by atoms with Crippen LogP contribution in [0.15, 0.2) is 48.5 Å². The van der Waals surface area contributed by atoms with E-state index >= 15 is 0 Å². The first-order chi connectivity index (χ1) is 15.9. The molecule has 33 heavy (non-hydrogen) atoms. The fourth-order valence-corrected chi connectivity index (χ4v) is 3.76. The van der Waals surface area contributed by atoms with Crippen LogP contribution in [0.3, 0.4) is 0 Å². The molecule has 1 heterocycles. The van der Waals surface area contributed by atoms with Crippen molar-refractivity contribution in [3.63, 3.8) is 0 Å². The van der Waals surface area contributed by atoms with Crippen LogP contribution in [0.5, 0.6) is 0 Å². The fraction of sp³-hybridized carbons (Fsp3) is 0.292. The second-order valence-electron chi connectivity index (χ2n) is 7.25. The zero-order chi connectivity index (χ0) is 24.0. The van der Waals surface area contributed by atoms with Gasteiger partial charge in [-0.25, -0.2) is 9.48 Å². The van der Waals surface area contributed by atoms with Crippen LogP contribution in [-0.2, 0) is 9.47 Å². The van der Waals surface area contributed by atoms with Crippen molar-refractivity contribution in [2.24, 2.45) is 0 Å². The number of benzene rings is 2. The summed E-state index contributed by atoms with van der Waals surface area (Å²) in [5.74, 6) is -0.735. The number of carbonyl (C=O) groups is 2. The highest BCUT2D eigenvalue weighted by Gasteiger charge is 2.20. The lowest BCUT2D eigenvalue weighted by atomic mass is 10.1. The summed E-state index contributed by atoms with van der Waals surface area (Å²) in [6.45, 7) is 4.38. The number of hydrogen-bond donors (Lipinski definition) is 1. The number of ether oxygens (including phenoxy) is 2. The van der Waals surface area contributed by atoms with Gasteiger partial charge in [-0.1, -0.05) is 30.1 Å². The van der Waals surface area contributed by atoms with Crippen molar-refractivity contribution < 1.29 is 19.1 Å². The Morgan fingerprint density at radius 3 is 2.42 bits per heavy atom. The lowest BCUT2D eigenvalue weighted by Gasteiger charge is -2.16. The second-order valence-corrected chi connectivity index (χ2v) is 8.10. The molecule has 1 atom stereocenters. The van der Waals surface area contributed by atoms with Gasteiger partial charge < -0.3 is 14.8 Å². The molecule has 9 heteroatoms. The predicted octanol–water partition coefficient (Wildman–Crippen LogP) is 5.18. The molecule has 2 aromatic carbocycles. The number of hydrogen-bond acceptors (Lipinski definition) is 5. The quantitative estimate of drug-likeness (QED) is 0.418. The molecule has 0 aliphatic rings. The van der Waals surface area contributed by atoms with Crippen LogP contribution in [0, 0.1) is 0 Å². The summed E-state index contributed by atoms with van der Waals surface area (Å²) in [6, 6.07) is 13.5. The van der Waals surface area contributed by atoms with Crippen LogP contribution in [0.25, 0.3) is 16.9 Å². The third-order valence-electron chi connectivity index (χ3n) is 4.97. The van der Waals surface area contributed by atoms with Gasteiger partial charge in [-0.3, -0.25) is 4.79 Å². The van der Waals surface area contributed by atoms with E-state index < -0.39 is 5.97 Å². The number of rotatable bonds is 9. The van der Waals surface area contributed by atoms with Gasteiger partial charge in [0.2, 0.25) is 0 Å². The molecule has 174 valence electrons. The Labute approximate surface area is 202 Å². The highest BCUT2D eigenvalue weighted by atomic mass is 35.5. The van der Waals surface area contributed by atoms with Gasteiger partial charge in [-0.2, -0.15) is 5.10 Å². The van der Waals surface area contributed by atoms with Crippen molar-refractivity contribution >= 4 is 35.1 Å². The van der Waals surface area contributed by atoms with Crippen LogP contribution in [0.4, 0.5) is 0 Å². The monoisotopic (exact) mass is 489 g/mol. The highest BCUT2D eigenvalue weighted by molar-refractivity contribution is 6.36. The molecule has 3 rings (SSSR count). The van der Waals surface area contributed by atoms with E-state index in [0.29, 0.717) is 39.2 Å². The van der Waals surface area contributed by atoms with E-state index in [4.69, 9.17) is 32.7 Å². The second kappa shape index (κ2) is 11.3. The lowest BCUT2D eigenvalue weighted by Crippen LogP contribution is -2.37. The number of halogens is 2. The van der Waals surface area contributed by atoms with E-state index in [0.717, 1.165) is 6.42 Å². The summed E-state index contributed by atoms with van der Waals surface area (Å²) in [5, 5.41) is 8.29. The average molecular weight is 490 g/mol. The van der Waals surface area contributed by atoms with Gasteiger partial charge in [0, 0.05) is 23.3 Å². The first-order valence-corrected chi connectivity index (χ1v) is 11.3. The Morgan fingerprint density at radius 1 is 1.09 bits per heavy atom. The van der Waals surface area contributed by atoms with Gasteiger partial charge >= 0.3 is 5.97 Å². The van der Waals surface area contributed by atoms with Gasteiger partial charge in [-0.05, 0) is 61.9 Å². The maximum Gasteiger partial charge on any atom is 0.358 e. The molecule has 0 aliphatic heterocycles. The van der Waals surface area contributed by atoms with Gasteiger partial charge in [0.25, 0.3) is 5.91 Å². The molecule has 0 fully saturated rings. The highest BCUT2D eigenvalue weighted by Crippen LogP contribution is 2.32. The van der Waals surface area contributed by atoms with Crippen molar-refractivity contribution in [3.8, 4) is 16.9 Å². The summed E-state index contributed by atoms with van der Waals surface area (Å²) in [5.41, 5.74) is 2.52. The van der Waals surface area contributed by atoms with Crippen molar-refractivity contribution in [2.75, 3.05) is 20.3 Å². The van der Waals surface area contributed by atoms with Crippen LogP contribution < -0.4 is 5.32 Å². The summed E-state index contributed by atoms with van der Waals surface area (Å²) in [7, 11) is 1.60. The molecule has 7 nitrogen and oxygen atoms in total. The third-order valence-corrected chi connectivity index (χ3v) is 5.52. The molecule has 0 spiro atoms. The smallest absolute Gasteiger partial charge is 0.358 e. The number of nitrogens with one attached hydrogen (secondary N) is 1. The Kier molecular flexibility index (Phi) is 8.49. The minimum absolute atomic E-state index is 0.0703. The van der Waals surface area contributed by atoms with Crippen LogP contribution >= 0.6 is 23.2 Å². The summed E-state index contributed by atoms with van der Waals surface area (Å²) >= 11 is 12.5. The van der Waals surface area contributed by atoms with E-state index in [9.17, 15) is 9.59 Å². The van der Waals surface area contributed by atoms with Crippen molar-refractivity contribution in [3.05, 3.63) is 69.8 Å². The Morgan fingerprint density at radius 2 is 1.82 bits per heavy atom. The number of methoxy groups -OCH3 is 1. The lowest BCUT2D eigenvalue weighted by molar-refractivity contribution is 0.0518. The van der Waals surface area contributed by atoms with Crippen LogP contribution in [0.1, 0.15) is 41.1 Å². The van der Waals surface area contributed by atoms with Crippen molar-refractivity contribution in [2.45, 2.75) is 26.3 Å². The summed E-state index contributed by atoms with van der Waals surface area (Å²) < 4.78 is 11.8. The molecule has 3 aromatic rings. The third kappa shape index (κ3) is 5.93. The molecule has 1 aromatic heterocycles. The summed E-state index contributed by atoms with van der Waals surface area (Å²) in [4.78, 5) is 24.9. The average Bonchev–Trinajstić information content (AvgIpc) is 3.24. The minimum Gasteiger partial charge on any atom is -0.461 e. The minimum atomic E-state index is -0.540. The number of nitrogens with zero attached hydrogens (tertiary/aromatic N) is 2. The molecular weight excluding hydrogens is 465 g/mol. The topological polar surface area (TPSA) is 82.5 Å². The molecule has 0 saturated heterocycles. The van der Waals surface area contributed by atoms with Crippen LogP contribution in [-0.4, -0.2) is 48.0 Å². The Bertz CT molecular complexity index is 1130. The first-order valence-electron chi connectivity index (χ1n) is 10.5. The van der Waals surface area contributed by atoms with Gasteiger partial charge in [0.1, 0.15) is 0 Å². The first kappa shape index (κ1) is 24.8. The van der Waals surface area contributed by atoms with Gasteiger partial charge in [-0.15, -0.1) is 0 Å². The Balaban J connectivity index is 1.97. The molecule has 1 amide bonds. The predicted molar refractivity (Wildman–Crippen MR) is 128 cm³/mol. The van der Waals surface area contributed by atoms with Gasteiger partial charge in [0.05, 0.1) is 35.7 Å². The SMILES string of the molecule is CCOC(=O)c1cc(-c2ccc(Cl)cc2Cl)n(-c2ccc(C(=O)N[C@@H](CC)COC)cc2)n1. The normalized spacial score (nSPS) is 11.8. The molecule has 0 radical (unpaired) electrons. The maximum atomic E-state index is 12.6. The number of carbonyl (C=O) groups excluding carboxylic acids is 2. The number of esters is 1. The fourth-order valence-electron chi connectivity index (χ4n) is 3.26. The summed E-state index contributed by atoms with van der Waals surface area (Å²) in [6.07, 6.45) is 0.757. The van der Waals surface area contributed by atoms with E-state index in [1.165, 1.54) is 0 Å². The van der Waals surface area contributed by atoms with E-state index in [-0.39, 0.29) is 24.2 Å². The number of amides is 1. The zero-order valence-corrected chi connectivity index (χ0v) is 20.1. The van der Waals surface area contributed by atoms with E-state index in [2.05, 4.69) is 10.4 Å². The molecule has 0 aliphatic carbocycles. The van der Waals surface area contributed by atoms with Crippen molar-refractivity contribution in [1.82, 2.24) is 15.1 Å². The number of aromatic nitrogens is 2.